The van der Waals surface area contributed by atoms with Crippen LogP contribution in [0.4, 0.5) is 0 Å². The van der Waals surface area contributed by atoms with Gasteiger partial charge in [-0.15, -0.1) is 0 Å². The second-order valence-electron chi connectivity index (χ2n) is 14.2. The molecule has 0 radical (unpaired) electrons. The van der Waals surface area contributed by atoms with Gasteiger partial charge >= 0.3 is 0 Å². The molecule has 4 aliphatic carbocycles. The summed E-state index contributed by atoms with van der Waals surface area (Å²) in [7, 11) is 0. The van der Waals surface area contributed by atoms with Crippen LogP contribution < -0.4 is 0 Å². The normalized spacial score (nSPS) is 44.9. The van der Waals surface area contributed by atoms with Gasteiger partial charge in [-0.05, 0) is 109 Å². The molecule has 4 aliphatic rings. The summed E-state index contributed by atoms with van der Waals surface area (Å²) in [5.74, 6) is 6.49. The van der Waals surface area contributed by atoms with Crippen molar-refractivity contribution in [1.82, 2.24) is 0 Å². The van der Waals surface area contributed by atoms with Crippen LogP contribution in [0.15, 0.2) is 30.3 Å². The van der Waals surface area contributed by atoms with Crippen molar-refractivity contribution in [2.45, 2.75) is 117 Å². The van der Waals surface area contributed by atoms with Gasteiger partial charge in [-0.1, -0.05) is 84.2 Å². The molecular weight excluding hydrogens is 412 g/mol. The summed E-state index contributed by atoms with van der Waals surface area (Å²) in [6.45, 7) is 12.6. The predicted molar refractivity (Wildman–Crippen MR) is 144 cm³/mol. The highest BCUT2D eigenvalue weighted by Crippen LogP contribution is 2.69. The van der Waals surface area contributed by atoms with Crippen molar-refractivity contribution in [2.24, 2.45) is 52.3 Å². The molecule has 1 aromatic rings. The van der Waals surface area contributed by atoms with Crippen LogP contribution in [0.3, 0.4) is 0 Å². The van der Waals surface area contributed by atoms with E-state index >= 15 is 0 Å². The predicted octanol–water partition coefficient (Wildman–Crippen LogP) is 8.86. The summed E-state index contributed by atoms with van der Waals surface area (Å²) < 4.78 is 0. The Hall–Kier alpha value is -0.820. The Labute approximate surface area is 210 Å². The zero-order chi connectivity index (χ0) is 24.1. The molecule has 0 spiro atoms. The quantitative estimate of drug-likeness (QED) is 0.445. The number of hydrogen-bond acceptors (Lipinski definition) is 1. The largest absolute Gasteiger partial charge is 0.392 e. The zero-order valence-corrected chi connectivity index (χ0v) is 22.8. The fourth-order valence-corrected chi connectivity index (χ4v) is 10.4. The van der Waals surface area contributed by atoms with Crippen molar-refractivity contribution < 1.29 is 5.11 Å². The highest BCUT2D eigenvalue weighted by Gasteiger charge is 2.61. The Morgan fingerprint density at radius 3 is 2.35 bits per heavy atom. The van der Waals surface area contributed by atoms with Crippen LogP contribution in [-0.4, -0.2) is 11.2 Å². The first-order chi connectivity index (χ1) is 16.2. The van der Waals surface area contributed by atoms with Gasteiger partial charge < -0.3 is 5.11 Å². The summed E-state index contributed by atoms with van der Waals surface area (Å²) >= 11 is 0. The maximum atomic E-state index is 11.4. The maximum Gasteiger partial charge on any atom is 0.0614 e. The molecule has 0 unspecified atom stereocenters. The van der Waals surface area contributed by atoms with E-state index < -0.39 is 0 Å². The first-order valence-corrected chi connectivity index (χ1v) is 15.0. The van der Waals surface area contributed by atoms with Gasteiger partial charge in [-0.2, -0.15) is 0 Å². The molecule has 0 heterocycles. The lowest BCUT2D eigenvalue weighted by molar-refractivity contribution is -0.137. The number of hydrogen-bond donors (Lipinski definition) is 1. The molecule has 4 saturated carbocycles. The van der Waals surface area contributed by atoms with Crippen LogP contribution in [0, 0.1) is 52.3 Å². The highest BCUT2D eigenvalue weighted by molar-refractivity contribution is 5.23. The minimum absolute atomic E-state index is 0.173. The molecule has 0 amide bonds. The second kappa shape index (κ2) is 9.57. The molecule has 0 saturated heterocycles. The zero-order valence-electron chi connectivity index (χ0n) is 22.8. The monoisotopic (exact) mass is 464 g/mol. The Kier molecular flexibility index (Phi) is 7.00. The van der Waals surface area contributed by atoms with Gasteiger partial charge in [-0.3, -0.25) is 0 Å². The maximum absolute atomic E-state index is 11.4. The lowest BCUT2D eigenvalue weighted by atomic mass is 9.43. The van der Waals surface area contributed by atoms with E-state index in [-0.39, 0.29) is 6.10 Å². The first-order valence-electron chi connectivity index (χ1n) is 15.0. The van der Waals surface area contributed by atoms with Crippen molar-refractivity contribution in [3.63, 3.8) is 0 Å². The van der Waals surface area contributed by atoms with E-state index in [2.05, 4.69) is 65.0 Å². The summed E-state index contributed by atoms with van der Waals surface area (Å²) in [5, 5.41) is 11.4. The Morgan fingerprint density at radius 1 is 0.882 bits per heavy atom. The average Bonchev–Trinajstić information content (AvgIpc) is 3.16. The number of benzene rings is 1. The number of rotatable bonds is 6. The number of aliphatic hydroxyl groups is 1. The van der Waals surface area contributed by atoms with Crippen LogP contribution in [-0.2, 0) is 0 Å². The summed E-state index contributed by atoms with van der Waals surface area (Å²) in [6.07, 6.45) is 15.0. The van der Waals surface area contributed by atoms with Gasteiger partial charge in [0, 0.05) is 5.92 Å². The number of fused-ring (bicyclic) bond motifs is 5. The molecule has 5 rings (SSSR count). The molecule has 1 aromatic carbocycles. The van der Waals surface area contributed by atoms with Crippen LogP contribution in [0.1, 0.15) is 117 Å². The van der Waals surface area contributed by atoms with Crippen molar-refractivity contribution in [2.75, 3.05) is 0 Å². The SMILES string of the molecule is CC(C)CCC[C@@H](C)[C@H]1CC[C@H]2[C@@H]3CC[C@H]4C[C@@H](c5ccccc5)[C@H](O)C[C@]4(C)[C@H]3CC[C@]12C. The lowest BCUT2D eigenvalue weighted by Crippen LogP contribution is -2.55. The van der Waals surface area contributed by atoms with Gasteiger partial charge in [0.2, 0.25) is 0 Å². The first kappa shape index (κ1) is 24.9. The third-order valence-corrected chi connectivity index (χ3v) is 12.1. The van der Waals surface area contributed by atoms with Gasteiger partial charge in [0.15, 0.2) is 0 Å². The summed E-state index contributed by atoms with van der Waals surface area (Å²) in [6, 6.07) is 10.9. The fourth-order valence-electron chi connectivity index (χ4n) is 10.4. The molecule has 190 valence electrons. The molecule has 0 aliphatic heterocycles. The van der Waals surface area contributed by atoms with Crippen molar-refractivity contribution in [3.05, 3.63) is 35.9 Å². The highest BCUT2D eigenvalue weighted by atomic mass is 16.3. The number of aliphatic hydroxyl groups excluding tert-OH is 1. The topological polar surface area (TPSA) is 20.2 Å². The van der Waals surface area contributed by atoms with Crippen molar-refractivity contribution in [3.8, 4) is 0 Å². The van der Waals surface area contributed by atoms with Crippen LogP contribution in [0.2, 0.25) is 0 Å². The average molecular weight is 465 g/mol. The Bertz CT molecular complexity index is 815. The van der Waals surface area contributed by atoms with E-state index in [1.54, 1.807) is 0 Å². The molecule has 4 fully saturated rings. The lowest BCUT2D eigenvalue weighted by Gasteiger charge is -2.62. The minimum Gasteiger partial charge on any atom is -0.392 e. The minimum atomic E-state index is -0.173. The fraction of sp³-hybridized carbons (Fsp3) is 0.818. The van der Waals surface area contributed by atoms with Gasteiger partial charge in [-0.25, -0.2) is 0 Å². The van der Waals surface area contributed by atoms with E-state index in [1.165, 1.54) is 69.8 Å². The summed E-state index contributed by atoms with van der Waals surface area (Å²) in [5.41, 5.74) is 2.28. The van der Waals surface area contributed by atoms with Crippen LogP contribution in [0.25, 0.3) is 0 Å². The standard InChI is InChI=1S/C33H52O/c1-22(2)10-9-11-23(3)28-16-17-29-26-15-14-25-20-27(24-12-7-6-8-13-24)31(34)21-33(25,5)30(26)18-19-32(28,29)4/h6-8,12-13,22-23,25-31,34H,9-11,14-21H2,1-5H3/t23-,25+,26+,27+,28-,29+,30+,31-,32-,33+/m1/s1. The van der Waals surface area contributed by atoms with E-state index in [4.69, 9.17) is 0 Å². The molecule has 0 aromatic heterocycles. The van der Waals surface area contributed by atoms with Crippen LogP contribution in [0.5, 0.6) is 0 Å². The van der Waals surface area contributed by atoms with Crippen molar-refractivity contribution in [1.29, 1.82) is 0 Å². The summed E-state index contributed by atoms with van der Waals surface area (Å²) in [4.78, 5) is 0. The Balaban J connectivity index is 1.30. The molecule has 0 bridgehead atoms. The van der Waals surface area contributed by atoms with E-state index in [0.717, 1.165) is 47.8 Å². The van der Waals surface area contributed by atoms with Crippen molar-refractivity contribution >= 4 is 0 Å². The Morgan fingerprint density at radius 2 is 1.62 bits per heavy atom. The molecule has 34 heavy (non-hydrogen) atoms. The third-order valence-electron chi connectivity index (χ3n) is 12.1. The smallest absolute Gasteiger partial charge is 0.0614 e. The third kappa shape index (κ3) is 4.21. The molecule has 1 nitrogen and oxygen atoms in total. The van der Waals surface area contributed by atoms with E-state index in [1.807, 2.05) is 0 Å². The van der Waals surface area contributed by atoms with E-state index in [9.17, 15) is 5.11 Å². The van der Waals surface area contributed by atoms with Gasteiger partial charge in [0.25, 0.3) is 0 Å². The van der Waals surface area contributed by atoms with E-state index in [0.29, 0.717) is 16.7 Å². The molecule has 1 heteroatoms. The van der Waals surface area contributed by atoms with Crippen LogP contribution >= 0.6 is 0 Å². The van der Waals surface area contributed by atoms with Gasteiger partial charge in [0.05, 0.1) is 6.10 Å². The van der Waals surface area contributed by atoms with Gasteiger partial charge in [0.1, 0.15) is 0 Å². The second-order valence-corrected chi connectivity index (χ2v) is 14.2. The molecule has 10 atom stereocenters. The molecule has 1 N–H and O–H groups in total. The molecular formula is C33H52O.